The number of ether oxygens (including phenoxy) is 1. The number of anilines is 1. The number of nitro groups is 1. The zero-order valence-corrected chi connectivity index (χ0v) is 13.0. The molecule has 1 aromatic carbocycles. The van der Waals surface area contributed by atoms with Gasteiger partial charge in [-0.15, -0.1) is 0 Å². The van der Waals surface area contributed by atoms with Crippen LogP contribution in [0.15, 0.2) is 18.2 Å². The highest BCUT2D eigenvalue weighted by Crippen LogP contribution is 2.34. The molecule has 1 fully saturated rings. The number of carbonyl (C=O) groups is 1. The first-order valence-corrected chi connectivity index (χ1v) is 7.63. The van der Waals surface area contributed by atoms with Crippen LogP contribution in [0, 0.1) is 16.0 Å². The van der Waals surface area contributed by atoms with Crippen molar-refractivity contribution in [3.05, 3.63) is 28.3 Å². The highest BCUT2D eigenvalue weighted by atomic mass is 19.3. The van der Waals surface area contributed by atoms with Crippen molar-refractivity contribution in [1.82, 2.24) is 0 Å². The summed E-state index contributed by atoms with van der Waals surface area (Å²) in [4.78, 5) is 23.0. The number of carbonyl (C=O) groups excluding carboxylic acids is 1. The normalized spacial score (nSPS) is 17.8. The van der Waals surface area contributed by atoms with E-state index >= 15 is 0 Å². The number of hydrogen-bond donors (Lipinski definition) is 1. The van der Waals surface area contributed by atoms with E-state index in [1.807, 2.05) is 4.90 Å². The lowest BCUT2D eigenvalue weighted by Gasteiger charge is -2.34. The fourth-order valence-electron chi connectivity index (χ4n) is 2.92. The minimum Gasteiger partial charge on any atom is -0.427 e. The molecular weight excluding hydrogens is 324 g/mol. The van der Waals surface area contributed by atoms with Gasteiger partial charge < -0.3 is 15.4 Å². The van der Waals surface area contributed by atoms with Crippen molar-refractivity contribution in [3.8, 4) is 5.75 Å². The summed E-state index contributed by atoms with van der Waals surface area (Å²) in [6.07, 6.45) is 2.81. The summed E-state index contributed by atoms with van der Waals surface area (Å²) in [5, 5.41) is 10.9. The van der Waals surface area contributed by atoms with Crippen LogP contribution >= 0.6 is 0 Å². The van der Waals surface area contributed by atoms with Crippen LogP contribution < -0.4 is 15.4 Å². The number of nitro benzene ring substituents is 1. The molecule has 7 nitrogen and oxygen atoms in total. The number of piperidine rings is 1. The first-order chi connectivity index (χ1) is 11.4. The number of halogens is 2. The monoisotopic (exact) mass is 343 g/mol. The van der Waals surface area contributed by atoms with Gasteiger partial charge in [-0.3, -0.25) is 14.9 Å². The smallest absolute Gasteiger partial charge is 0.387 e. The highest BCUT2D eigenvalue weighted by Gasteiger charge is 2.24. The molecule has 2 N–H and O–H groups in total. The lowest BCUT2D eigenvalue weighted by Crippen LogP contribution is -2.35. The summed E-state index contributed by atoms with van der Waals surface area (Å²) in [7, 11) is 0. The predicted molar refractivity (Wildman–Crippen MR) is 83.1 cm³/mol. The average molecular weight is 343 g/mol. The van der Waals surface area contributed by atoms with Gasteiger partial charge in [-0.1, -0.05) is 0 Å². The van der Waals surface area contributed by atoms with Crippen LogP contribution in [0.25, 0.3) is 0 Å². The van der Waals surface area contributed by atoms with E-state index in [2.05, 4.69) is 4.74 Å². The lowest BCUT2D eigenvalue weighted by molar-refractivity contribution is -0.386. The second kappa shape index (κ2) is 7.89. The number of primary amides is 1. The molecule has 1 aromatic rings. The quantitative estimate of drug-likeness (QED) is 0.606. The molecule has 0 spiro atoms. The Balaban J connectivity index is 2.15. The van der Waals surface area contributed by atoms with Gasteiger partial charge in [0.05, 0.1) is 4.92 Å². The Labute approximate surface area is 137 Å². The number of alkyl halides is 2. The van der Waals surface area contributed by atoms with Crippen LogP contribution in [0.2, 0.25) is 0 Å². The number of amides is 1. The summed E-state index contributed by atoms with van der Waals surface area (Å²) in [6.45, 7) is -1.79. The molecule has 1 heterocycles. The SMILES string of the molecule is NC(=O)CC[C@@H]1CCCN(c2ccc([N+](=O)[O-])c(OC(F)F)c2)C1. The fourth-order valence-corrected chi connectivity index (χ4v) is 2.92. The highest BCUT2D eigenvalue weighted by molar-refractivity contribution is 5.73. The minimum atomic E-state index is -3.14. The second-order valence-electron chi connectivity index (χ2n) is 5.75. The molecule has 0 radical (unpaired) electrons. The maximum Gasteiger partial charge on any atom is 0.387 e. The van der Waals surface area contributed by atoms with Crippen LogP contribution in [-0.2, 0) is 4.79 Å². The molecule has 24 heavy (non-hydrogen) atoms. The molecule has 1 amide bonds. The third-order valence-corrected chi connectivity index (χ3v) is 4.04. The van der Waals surface area contributed by atoms with E-state index < -0.39 is 23.0 Å². The maximum absolute atomic E-state index is 12.5. The molecule has 1 aliphatic heterocycles. The Hall–Kier alpha value is -2.45. The van der Waals surface area contributed by atoms with E-state index in [0.29, 0.717) is 31.6 Å². The first kappa shape index (κ1) is 17.9. The fraction of sp³-hybridized carbons (Fsp3) is 0.533. The number of rotatable bonds is 7. The molecule has 132 valence electrons. The minimum absolute atomic E-state index is 0.265. The second-order valence-corrected chi connectivity index (χ2v) is 5.75. The van der Waals surface area contributed by atoms with Crippen LogP contribution in [-0.4, -0.2) is 30.5 Å². The van der Waals surface area contributed by atoms with Gasteiger partial charge in [0.1, 0.15) is 0 Å². The molecule has 9 heteroatoms. The van der Waals surface area contributed by atoms with E-state index in [9.17, 15) is 23.7 Å². The van der Waals surface area contributed by atoms with Gasteiger partial charge in [-0.2, -0.15) is 8.78 Å². The van der Waals surface area contributed by atoms with E-state index in [-0.39, 0.29) is 11.8 Å². The number of benzene rings is 1. The van der Waals surface area contributed by atoms with Crippen molar-refractivity contribution in [2.45, 2.75) is 32.3 Å². The number of hydrogen-bond acceptors (Lipinski definition) is 5. The number of nitrogens with zero attached hydrogens (tertiary/aromatic N) is 2. The van der Waals surface area contributed by atoms with Crippen molar-refractivity contribution in [1.29, 1.82) is 0 Å². The van der Waals surface area contributed by atoms with E-state index in [1.54, 1.807) is 0 Å². The van der Waals surface area contributed by atoms with Gasteiger partial charge >= 0.3 is 12.3 Å². The zero-order valence-electron chi connectivity index (χ0n) is 13.0. The molecule has 0 unspecified atom stereocenters. The Morgan fingerprint density at radius 3 is 2.88 bits per heavy atom. The van der Waals surface area contributed by atoms with E-state index in [1.165, 1.54) is 18.2 Å². The summed E-state index contributed by atoms with van der Waals surface area (Å²) < 4.78 is 29.2. The summed E-state index contributed by atoms with van der Waals surface area (Å²) in [6, 6.07) is 3.95. The largest absolute Gasteiger partial charge is 0.427 e. The van der Waals surface area contributed by atoms with Gasteiger partial charge in [0.15, 0.2) is 0 Å². The molecule has 2 rings (SSSR count). The van der Waals surface area contributed by atoms with Crippen molar-refractivity contribution in [2.24, 2.45) is 11.7 Å². The standard InChI is InChI=1S/C15H19F2N3O4/c16-15(17)24-13-8-11(4-5-12(13)20(22)23)19-7-1-2-10(9-19)3-6-14(18)21/h4-5,8,10,15H,1-3,6-7,9H2,(H2,18,21)/t10-/m0/s1. The lowest BCUT2D eigenvalue weighted by atomic mass is 9.93. The molecule has 0 aliphatic carbocycles. The first-order valence-electron chi connectivity index (χ1n) is 7.63. The topological polar surface area (TPSA) is 98.7 Å². The van der Waals surface area contributed by atoms with Gasteiger partial charge in [-0.25, -0.2) is 0 Å². The molecule has 1 saturated heterocycles. The molecule has 0 saturated carbocycles. The molecule has 1 aliphatic rings. The van der Waals surface area contributed by atoms with Crippen LogP contribution in [0.3, 0.4) is 0 Å². The van der Waals surface area contributed by atoms with Crippen molar-refractivity contribution in [2.75, 3.05) is 18.0 Å². The summed E-state index contributed by atoms with van der Waals surface area (Å²) in [5.41, 5.74) is 5.25. The summed E-state index contributed by atoms with van der Waals surface area (Å²) >= 11 is 0. The van der Waals surface area contributed by atoms with Gasteiger partial charge in [0, 0.05) is 37.3 Å². The third kappa shape index (κ3) is 4.77. The third-order valence-electron chi connectivity index (χ3n) is 4.04. The average Bonchev–Trinajstić information content (AvgIpc) is 2.52. The molecule has 0 bridgehead atoms. The van der Waals surface area contributed by atoms with Gasteiger partial charge in [0.25, 0.3) is 0 Å². The van der Waals surface area contributed by atoms with Gasteiger partial charge in [-0.05, 0) is 31.2 Å². The van der Waals surface area contributed by atoms with Gasteiger partial charge in [0.2, 0.25) is 11.7 Å². The van der Waals surface area contributed by atoms with Crippen molar-refractivity contribution < 1.29 is 23.2 Å². The van der Waals surface area contributed by atoms with Crippen molar-refractivity contribution >= 4 is 17.3 Å². The predicted octanol–water partition coefficient (Wildman–Crippen LogP) is 2.68. The van der Waals surface area contributed by atoms with Crippen LogP contribution in [0.1, 0.15) is 25.7 Å². The molecule has 1 atom stereocenters. The Morgan fingerprint density at radius 2 is 2.25 bits per heavy atom. The summed E-state index contributed by atoms with van der Waals surface area (Å²) in [5.74, 6) is -0.539. The number of nitrogens with two attached hydrogens (primary N) is 1. The Morgan fingerprint density at radius 1 is 1.50 bits per heavy atom. The van der Waals surface area contributed by atoms with E-state index in [4.69, 9.17) is 5.73 Å². The molecular formula is C15H19F2N3O4. The van der Waals surface area contributed by atoms with E-state index in [0.717, 1.165) is 12.8 Å². The maximum atomic E-state index is 12.5. The Bertz CT molecular complexity index is 612. The van der Waals surface area contributed by atoms with Crippen LogP contribution in [0.4, 0.5) is 20.2 Å². The molecule has 0 aromatic heterocycles. The van der Waals surface area contributed by atoms with Crippen molar-refractivity contribution in [3.63, 3.8) is 0 Å². The Kier molecular flexibility index (Phi) is 5.88. The van der Waals surface area contributed by atoms with Crippen LogP contribution in [0.5, 0.6) is 5.75 Å². The zero-order chi connectivity index (χ0) is 17.7.